The third-order valence-electron chi connectivity index (χ3n) is 2.83. The number of rotatable bonds is 2. The maximum absolute atomic E-state index is 11.8. The summed E-state index contributed by atoms with van der Waals surface area (Å²) in [4.78, 5) is 11.8. The number of hydrogen-bond acceptors (Lipinski definition) is 2. The lowest BCUT2D eigenvalue weighted by Gasteiger charge is -2.10. The number of halogens is 1. The first kappa shape index (κ1) is 14.2. The maximum atomic E-state index is 11.8. The number of hydrogen-bond donors (Lipinski definition) is 3. The third kappa shape index (κ3) is 3.42. The summed E-state index contributed by atoms with van der Waals surface area (Å²) >= 11 is 5.99. The Balaban J connectivity index is 2.07. The van der Waals surface area contributed by atoms with Crippen LogP contribution in [0.1, 0.15) is 11.1 Å². The summed E-state index contributed by atoms with van der Waals surface area (Å²) in [6.45, 7) is 3.74. The van der Waals surface area contributed by atoms with E-state index in [1.54, 1.807) is 30.3 Å². The molecule has 104 valence electrons. The molecule has 0 aromatic heterocycles. The van der Waals surface area contributed by atoms with E-state index in [4.69, 9.17) is 11.6 Å². The fraction of sp³-hybridized carbons (Fsp3) is 0.133. The summed E-state index contributed by atoms with van der Waals surface area (Å²) in [6.07, 6.45) is 0. The summed E-state index contributed by atoms with van der Waals surface area (Å²) < 4.78 is 0. The van der Waals surface area contributed by atoms with Crippen LogP contribution in [0.4, 0.5) is 16.2 Å². The van der Waals surface area contributed by atoms with Gasteiger partial charge in [-0.1, -0.05) is 23.7 Å². The topological polar surface area (TPSA) is 61.4 Å². The Morgan fingerprint density at radius 1 is 1.10 bits per heavy atom. The van der Waals surface area contributed by atoms with Gasteiger partial charge in [0.2, 0.25) is 0 Å². The lowest BCUT2D eigenvalue weighted by Crippen LogP contribution is -2.19. The van der Waals surface area contributed by atoms with Gasteiger partial charge in [0.15, 0.2) is 0 Å². The van der Waals surface area contributed by atoms with Gasteiger partial charge in [-0.25, -0.2) is 4.79 Å². The zero-order chi connectivity index (χ0) is 14.7. The fourth-order valence-electron chi connectivity index (χ4n) is 1.70. The molecular formula is C15H15ClN2O2. The molecule has 0 heterocycles. The lowest BCUT2D eigenvalue weighted by atomic mass is 10.2. The van der Waals surface area contributed by atoms with Crippen LogP contribution in [0.3, 0.4) is 0 Å². The molecule has 0 fully saturated rings. The van der Waals surface area contributed by atoms with Crippen molar-refractivity contribution in [3.63, 3.8) is 0 Å². The number of aromatic hydroxyl groups is 1. The van der Waals surface area contributed by atoms with Crippen LogP contribution >= 0.6 is 11.6 Å². The Kier molecular flexibility index (Phi) is 4.15. The quantitative estimate of drug-likeness (QED) is 0.722. The van der Waals surface area contributed by atoms with Crippen molar-refractivity contribution in [2.45, 2.75) is 13.8 Å². The molecule has 2 aromatic carbocycles. The van der Waals surface area contributed by atoms with Gasteiger partial charge < -0.3 is 15.7 Å². The van der Waals surface area contributed by atoms with Gasteiger partial charge in [-0.05, 0) is 49.2 Å². The number of aryl methyl sites for hydroxylation is 2. The first-order valence-corrected chi connectivity index (χ1v) is 6.47. The van der Waals surface area contributed by atoms with Crippen LogP contribution < -0.4 is 10.6 Å². The Labute approximate surface area is 122 Å². The van der Waals surface area contributed by atoms with Crippen LogP contribution in [0.2, 0.25) is 5.02 Å². The van der Waals surface area contributed by atoms with Crippen LogP contribution in [0.25, 0.3) is 0 Å². The number of phenolic OH excluding ortho intramolecular Hbond substituents is 1. The van der Waals surface area contributed by atoms with Gasteiger partial charge in [0.25, 0.3) is 0 Å². The van der Waals surface area contributed by atoms with Crippen molar-refractivity contribution >= 4 is 29.0 Å². The smallest absolute Gasteiger partial charge is 0.323 e. The molecule has 0 saturated carbocycles. The number of amides is 2. The van der Waals surface area contributed by atoms with E-state index >= 15 is 0 Å². The number of urea groups is 1. The van der Waals surface area contributed by atoms with Crippen molar-refractivity contribution < 1.29 is 9.90 Å². The normalized spacial score (nSPS) is 10.2. The Bertz CT molecular complexity index is 656. The minimum Gasteiger partial charge on any atom is -0.506 e. The fourth-order valence-corrected chi connectivity index (χ4v) is 1.88. The van der Waals surface area contributed by atoms with Crippen LogP contribution in [0.5, 0.6) is 5.75 Å². The largest absolute Gasteiger partial charge is 0.506 e. The molecule has 0 saturated heterocycles. The number of carbonyl (C=O) groups is 1. The van der Waals surface area contributed by atoms with Crippen LogP contribution in [-0.2, 0) is 0 Å². The Morgan fingerprint density at radius 3 is 2.50 bits per heavy atom. The van der Waals surface area contributed by atoms with E-state index in [0.29, 0.717) is 16.4 Å². The van der Waals surface area contributed by atoms with E-state index < -0.39 is 6.03 Å². The third-order valence-corrected chi connectivity index (χ3v) is 3.24. The van der Waals surface area contributed by atoms with Crippen LogP contribution in [0, 0.1) is 13.8 Å². The predicted octanol–water partition coefficient (Wildman–Crippen LogP) is 4.31. The molecule has 20 heavy (non-hydrogen) atoms. The van der Waals surface area contributed by atoms with Crippen LogP contribution in [-0.4, -0.2) is 11.1 Å². The van der Waals surface area contributed by atoms with Gasteiger partial charge in [-0.3, -0.25) is 0 Å². The molecule has 2 amide bonds. The summed E-state index contributed by atoms with van der Waals surface area (Å²) in [5.41, 5.74) is 2.79. The van der Waals surface area contributed by atoms with Crippen molar-refractivity contribution in [3.8, 4) is 5.75 Å². The minimum absolute atomic E-state index is 0.0297. The van der Waals surface area contributed by atoms with Gasteiger partial charge in [0.05, 0.1) is 5.69 Å². The van der Waals surface area contributed by atoms with E-state index in [2.05, 4.69) is 10.6 Å². The number of benzene rings is 2. The second kappa shape index (κ2) is 5.84. The van der Waals surface area contributed by atoms with Crippen molar-refractivity contribution in [2.75, 3.05) is 10.6 Å². The highest BCUT2D eigenvalue weighted by Gasteiger charge is 2.07. The molecular weight excluding hydrogens is 276 g/mol. The number of nitrogens with one attached hydrogen (secondary N) is 2. The number of phenols is 1. The molecule has 0 spiro atoms. The zero-order valence-corrected chi connectivity index (χ0v) is 12.0. The molecule has 0 radical (unpaired) electrons. The van der Waals surface area contributed by atoms with Crippen molar-refractivity contribution in [1.82, 2.24) is 0 Å². The molecule has 0 aliphatic rings. The molecule has 0 aliphatic carbocycles. The monoisotopic (exact) mass is 290 g/mol. The van der Waals surface area contributed by atoms with E-state index in [0.717, 1.165) is 11.1 Å². The van der Waals surface area contributed by atoms with Crippen molar-refractivity contribution in [1.29, 1.82) is 0 Å². The van der Waals surface area contributed by atoms with Gasteiger partial charge in [-0.2, -0.15) is 0 Å². The predicted molar refractivity (Wildman–Crippen MR) is 81.7 cm³/mol. The molecule has 3 N–H and O–H groups in total. The summed E-state index contributed by atoms with van der Waals surface area (Å²) in [5, 5.41) is 15.5. The van der Waals surface area contributed by atoms with Gasteiger partial charge in [0.1, 0.15) is 5.75 Å². The first-order valence-electron chi connectivity index (χ1n) is 6.09. The molecule has 0 unspecified atom stereocenters. The number of anilines is 2. The Hall–Kier alpha value is -2.20. The molecule has 0 bridgehead atoms. The van der Waals surface area contributed by atoms with E-state index in [1.807, 2.05) is 19.9 Å². The highest BCUT2D eigenvalue weighted by atomic mass is 35.5. The SMILES string of the molecule is Cc1ccc(NC(=O)Nc2ccc(C)c(Cl)c2)c(O)c1. The lowest BCUT2D eigenvalue weighted by molar-refractivity contribution is 0.262. The summed E-state index contributed by atoms with van der Waals surface area (Å²) in [7, 11) is 0. The summed E-state index contributed by atoms with van der Waals surface area (Å²) in [5.74, 6) is 0.0297. The summed E-state index contributed by atoms with van der Waals surface area (Å²) in [6, 6.07) is 9.84. The highest BCUT2D eigenvalue weighted by molar-refractivity contribution is 6.31. The van der Waals surface area contributed by atoms with Gasteiger partial charge >= 0.3 is 6.03 Å². The van der Waals surface area contributed by atoms with Gasteiger partial charge in [0, 0.05) is 10.7 Å². The second-order valence-corrected chi connectivity index (χ2v) is 4.97. The average Bonchev–Trinajstić information content (AvgIpc) is 2.37. The van der Waals surface area contributed by atoms with Crippen LogP contribution in [0.15, 0.2) is 36.4 Å². The van der Waals surface area contributed by atoms with Gasteiger partial charge in [-0.15, -0.1) is 0 Å². The molecule has 5 heteroatoms. The minimum atomic E-state index is -0.441. The number of carbonyl (C=O) groups excluding carboxylic acids is 1. The average molecular weight is 291 g/mol. The van der Waals surface area contributed by atoms with E-state index in [1.165, 1.54) is 0 Å². The molecule has 0 atom stereocenters. The van der Waals surface area contributed by atoms with Crippen molar-refractivity contribution in [2.24, 2.45) is 0 Å². The van der Waals surface area contributed by atoms with E-state index in [-0.39, 0.29) is 5.75 Å². The second-order valence-electron chi connectivity index (χ2n) is 4.56. The standard InChI is InChI=1S/C15H15ClN2O2/c1-9-3-6-13(14(19)7-9)18-15(20)17-11-5-4-10(2)12(16)8-11/h3-8,19H,1-2H3,(H2,17,18,20). The molecule has 0 aliphatic heterocycles. The molecule has 2 aromatic rings. The molecule has 4 nitrogen and oxygen atoms in total. The Morgan fingerprint density at radius 2 is 1.85 bits per heavy atom. The van der Waals surface area contributed by atoms with Crippen molar-refractivity contribution in [3.05, 3.63) is 52.5 Å². The zero-order valence-electron chi connectivity index (χ0n) is 11.2. The maximum Gasteiger partial charge on any atom is 0.323 e. The molecule has 2 rings (SSSR count). The highest BCUT2D eigenvalue weighted by Crippen LogP contribution is 2.24. The van der Waals surface area contributed by atoms with E-state index in [9.17, 15) is 9.90 Å². The first-order chi connectivity index (χ1) is 9.45.